The summed E-state index contributed by atoms with van der Waals surface area (Å²) in [6.45, 7) is 3.19. The minimum absolute atomic E-state index is 0.717. The lowest BCUT2D eigenvalue weighted by Crippen LogP contribution is -2.27. The van der Waals surface area contributed by atoms with Crippen LogP contribution in [0.4, 0.5) is 5.69 Å². The summed E-state index contributed by atoms with van der Waals surface area (Å²) >= 11 is 0. The third-order valence-corrected chi connectivity index (χ3v) is 3.11. The van der Waals surface area contributed by atoms with Crippen LogP contribution in [0.3, 0.4) is 0 Å². The van der Waals surface area contributed by atoms with E-state index in [1.165, 1.54) is 36.1 Å². The van der Waals surface area contributed by atoms with Crippen molar-refractivity contribution < 1.29 is 0 Å². The molecular weight excluding hydrogens is 196 g/mol. The monoisotopic (exact) mass is 218 g/mol. The molecule has 1 aromatic rings. The highest BCUT2D eigenvalue weighted by Crippen LogP contribution is 2.24. The number of nitrogens with zero attached hydrogens (tertiary/aromatic N) is 1. The van der Waals surface area contributed by atoms with Crippen molar-refractivity contribution in [1.82, 2.24) is 4.90 Å². The van der Waals surface area contributed by atoms with Gasteiger partial charge in [-0.25, -0.2) is 0 Å². The first-order valence-electron chi connectivity index (χ1n) is 6.15. The summed E-state index contributed by atoms with van der Waals surface area (Å²) in [7, 11) is 4.22. The lowest BCUT2D eigenvalue weighted by molar-refractivity contribution is 0.402. The maximum absolute atomic E-state index is 3.61. The molecule has 0 spiro atoms. The number of hydrogen-bond donors (Lipinski definition) is 1. The molecule has 1 fully saturated rings. The van der Waals surface area contributed by atoms with Crippen LogP contribution in [0, 0.1) is 6.92 Å². The molecule has 1 saturated carbocycles. The standard InChI is InChI=1S/C14H22N2/c1-11-7-12(10-16(2)3)9-14(8-11)15-13-5-4-6-13/h7-9,13,15H,4-6,10H2,1-3H3. The lowest BCUT2D eigenvalue weighted by Gasteiger charge is -2.28. The smallest absolute Gasteiger partial charge is 0.0348 e. The quantitative estimate of drug-likeness (QED) is 0.835. The first-order valence-corrected chi connectivity index (χ1v) is 6.15. The van der Waals surface area contributed by atoms with E-state index in [9.17, 15) is 0 Å². The summed E-state index contributed by atoms with van der Waals surface area (Å²) in [5.41, 5.74) is 4.04. The Kier molecular flexibility index (Phi) is 3.49. The molecule has 0 aromatic heterocycles. The molecule has 0 aliphatic heterocycles. The van der Waals surface area contributed by atoms with Gasteiger partial charge in [-0.1, -0.05) is 6.07 Å². The Bertz CT molecular complexity index is 354. The molecule has 0 bridgehead atoms. The Balaban J connectivity index is 2.08. The van der Waals surface area contributed by atoms with Crippen molar-refractivity contribution in [1.29, 1.82) is 0 Å². The van der Waals surface area contributed by atoms with Crippen LogP contribution in [0.5, 0.6) is 0 Å². The third-order valence-electron chi connectivity index (χ3n) is 3.11. The van der Waals surface area contributed by atoms with E-state index in [1.54, 1.807) is 0 Å². The molecule has 0 heterocycles. The van der Waals surface area contributed by atoms with Crippen molar-refractivity contribution in [2.45, 2.75) is 38.8 Å². The van der Waals surface area contributed by atoms with Crippen LogP contribution in [-0.4, -0.2) is 25.0 Å². The zero-order chi connectivity index (χ0) is 11.5. The molecule has 88 valence electrons. The average molecular weight is 218 g/mol. The van der Waals surface area contributed by atoms with E-state index in [0.29, 0.717) is 6.04 Å². The fourth-order valence-electron chi connectivity index (χ4n) is 2.19. The summed E-state index contributed by atoms with van der Waals surface area (Å²) in [4.78, 5) is 2.21. The number of anilines is 1. The molecule has 1 aromatic carbocycles. The van der Waals surface area contributed by atoms with E-state index in [2.05, 4.69) is 49.4 Å². The van der Waals surface area contributed by atoms with Gasteiger partial charge in [0.15, 0.2) is 0 Å². The summed E-state index contributed by atoms with van der Waals surface area (Å²) in [6, 6.07) is 7.52. The molecule has 0 radical (unpaired) electrons. The molecule has 1 aliphatic rings. The molecule has 16 heavy (non-hydrogen) atoms. The van der Waals surface area contributed by atoms with Gasteiger partial charge in [0, 0.05) is 18.3 Å². The lowest BCUT2D eigenvalue weighted by atomic mass is 9.93. The molecule has 0 atom stereocenters. The summed E-state index contributed by atoms with van der Waals surface area (Å²) in [5, 5.41) is 3.61. The Hall–Kier alpha value is -1.02. The molecule has 0 amide bonds. The van der Waals surface area contributed by atoms with Gasteiger partial charge in [-0.3, -0.25) is 0 Å². The minimum atomic E-state index is 0.717. The van der Waals surface area contributed by atoms with Gasteiger partial charge in [0.1, 0.15) is 0 Å². The molecule has 1 aliphatic carbocycles. The number of rotatable bonds is 4. The molecule has 0 saturated heterocycles. The first-order chi connectivity index (χ1) is 7.63. The molecular formula is C14H22N2. The second-order valence-electron chi connectivity index (χ2n) is 5.22. The number of hydrogen-bond acceptors (Lipinski definition) is 2. The van der Waals surface area contributed by atoms with Crippen molar-refractivity contribution in [3.8, 4) is 0 Å². The Labute approximate surface area is 98.7 Å². The van der Waals surface area contributed by atoms with Crippen LogP contribution in [0.25, 0.3) is 0 Å². The van der Waals surface area contributed by atoms with Gasteiger partial charge in [-0.05, 0) is 63.5 Å². The minimum Gasteiger partial charge on any atom is -0.382 e. The van der Waals surface area contributed by atoms with E-state index in [0.717, 1.165) is 6.54 Å². The zero-order valence-electron chi connectivity index (χ0n) is 10.6. The summed E-state index contributed by atoms with van der Waals surface area (Å²) in [6.07, 6.45) is 4.04. The van der Waals surface area contributed by atoms with Crippen molar-refractivity contribution >= 4 is 5.69 Å². The van der Waals surface area contributed by atoms with E-state index in [-0.39, 0.29) is 0 Å². The maximum atomic E-state index is 3.61. The predicted octanol–water partition coefficient (Wildman–Crippen LogP) is 3.02. The van der Waals surface area contributed by atoms with Crippen LogP contribution in [0.1, 0.15) is 30.4 Å². The van der Waals surface area contributed by atoms with E-state index in [4.69, 9.17) is 0 Å². The van der Waals surface area contributed by atoms with E-state index >= 15 is 0 Å². The molecule has 0 unspecified atom stereocenters. The van der Waals surface area contributed by atoms with Gasteiger partial charge < -0.3 is 10.2 Å². The SMILES string of the molecule is Cc1cc(CN(C)C)cc(NC2CCC2)c1. The highest BCUT2D eigenvalue weighted by atomic mass is 15.0. The zero-order valence-corrected chi connectivity index (χ0v) is 10.6. The average Bonchev–Trinajstić information content (AvgIpc) is 2.09. The van der Waals surface area contributed by atoms with Crippen LogP contribution in [0.15, 0.2) is 18.2 Å². The largest absolute Gasteiger partial charge is 0.382 e. The van der Waals surface area contributed by atoms with Crippen molar-refractivity contribution in [3.63, 3.8) is 0 Å². The number of aryl methyl sites for hydroxylation is 1. The fourth-order valence-corrected chi connectivity index (χ4v) is 2.19. The summed E-state index contributed by atoms with van der Waals surface area (Å²) in [5.74, 6) is 0. The second kappa shape index (κ2) is 4.88. The van der Waals surface area contributed by atoms with Gasteiger partial charge >= 0.3 is 0 Å². The number of benzene rings is 1. The maximum Gasteiger partial charge on any atom is 0.0348 e. The fraction of sp³-hybridized carbons (Fsp3) is 0.571. The van der Waals surface area contributed by atoms with Gasteiger partial charge in [0.25, 0.3) is 0 Å². The Morgan fingerprint density at radius 2 is 2.00 bits per heavy atom. The van der Waals surface area contributed by atoms with Crippen molar-refractivity contribution in [2.75, 3.05) is 19.4 Å². The molecule has 1 N–H and O–H groups in total. The van der Waals surface area contributed by atoms with E-state index < -0.39 is 0 Å². The molecule has 2 heteroatoms. The Morgan fingerprint density at radius 1 is 1.25 bits per heavy atom. The predicted molar refractivity (Wildman–Crippen MR) is 69.8 cm³/mol. The molecule has 2 rings (SSSR count). The highest BCUT2D eigenvalue weighted by Gasteiger charge is 2.16. The van der Waals surface area contributed by atoms with Crippen LogP contribution >= 0.6 is 0 Å². The van der Waals surface area contributed by atoms with Gasteiger partial charge in [-0.15, -0.1) is 0 Å². The topological polar surface area (TPSA) is 15.3 Å². The van der Waals surface area contributed by atoms with E-state index in [1.807, 2.05) is 0 Å². The van der Waals surface area contributed by atoms with Gasteiger partial charge in [0.05, 0.1) is 0 Å². The Morgan fingerprint density at radius 3 is 2.56 bits per heavy atom. The van der Waals surface area contributed by atoms with Crippen LogP contribution in [-0.2, 0) is 6.54 Å². The normalized spacial score (nSPS) is 16.2. The first kappa shape index (κ1) is 11.5. The highest BCUT2D eigenvalue weighted by molar-refractivity contribution is 5.49. The molecule has 2 nitrogen and oxygen atoms in total. The van der Waals surface area contributed by atoms with Gasteiger partial charge in [-0.2, -0.15) is 0 Å². The van der Waals surface area contributed by atoms with Gasteiger partial charge in [0.2, 0.25) is 0 Å². The van der Waals surface area contributed by atoms with Crippen LogP contribution < -0.4 is 5.32 Å². The van der Waals surface area contributed by atoms with Crippen molar-refractivity contribution in [3.05, 3.63) is 29.3 Å². The van der Waals surface area contributed by atoms with Crippen LogP contribution in [0.2, 0.25) is 0 Å². The van der Waals surface area contributed by atoms with Crippen molar-refractivity contribution in [2.24, 2.45) is 0 Å². The third kappa shape index (κ3) is 2.99. The number of nitrogens with one attached hydrogen (secondary N) is 1. The second-order valence-corrected chi connectivity index (χ2v) is 5.22. The summed E-state index contributed by atoms with van der Waals surface area (Å²) < 4.78 is 0.